The Morgan fingerprint density at radius 1 is 1.47 bits per heavy atom. The molecule has 0 unspecified atom stereocenters. The number of sulfonamides is 1. The van der Waals surface area contributed by atoms with Gasteiger partial charge in [0.1, 0.15) is 4.90 Å². The Bertz CT molecular complexity index is 606. The van der Waals surface area contributed by atoms with E-state index in [9.17, 15) is 8.42 Å². The molecule has 104 valence electrons. The monoisotopic (exact) mass is 302 g/mol. The molecule has 0 aliphatic heterocycles. The van der Waals surface area contributed by atoms with Crippen molar-refractivity contribution in [3.05, 3.63) is 28.8 Å². The van der Waals surface area contributed by atoms with E-state index >= 15 is 0 Å². The number of rotatable bonds is 5. The molecule has 0 aliphatic carbocycles. The number of aliphatic hydroxyl groups is 1. The van der Waals surface area contributed by atoms with Crippen LogP contribution in [0.15, 0.2) is 23.1 Å². The summed E-state index contributed by atoms with van der Waals surface area (Å²) in [5.74, 6) is 0. The van der Waals surface area contributed by atoms with Crippen molar-refractivity contribution in [3.63, 3.8) is 0 Å². The maximum absolute atomic E-state index is 12.2. The fourth-order valence-corrected chi connectivity index (χ4v) is 3.53. The molecule has 0 heterocycles. The standard InChI is InChI=1S/C12H15ClN2O3S/c1-12(2,5-6-16)15-19(17,18)11-4-3-9(8-14)7-10(11)13/h3-4,7,15-16H,5-6H2,1-2H3. The van der Waals surface area contributed by atoms with Gasteiger partial charge in [-0.3, -0.25) is 0 Å². The lowest BCUT2D eigenvalue weighted by Gasteiger charge is -2.25. The van der Waals surface area contributed by atoms with E-state index in [1.165, 1.54) is 18.2 Å². The summed E-state index contributed by atoms with van der Waals surface area (Å²) >= 11 is 5.88. The molecule has 5 nitrogen and oxygen atoms in total. The highest BCUT2D eigenvalue weighted by Gasteiger charge is 2.27. The predicted molar refractivity (Wildman–Crippen MR) is 72.3 cm³/mol. The second-order valence-electron chi connectivity index (χ2n) is 4.72. The van der Waals surface area contributed by atoms with Crippen LogP contribution in [0.3, 0.4) is 0 Å². The van der Waals surface area contributed by atoms with E-state index in [4.69, 9.17) is 22.0 Å². The van der Waals surface area contributed by atoms with E-state index in [0.717, 1.165) is 0 Å². The molecule has 0 aliphatic rings. The van der Waals surface area contributed by atoms with Crippen LogP contribution in [0.5, 0.6) is 0 Å². The van der Waals surface area contributed by atoms with Gasteiger partial charge in [0.25, 0.3) is 0 Å². The van der Waals surface area contributed by atoms with E-state index in [2.05, 4.69) is 4.72 Å². The second-order valence-corrected chi connectivity index (χ2v) is 6.78. The number of benzene rings is 1. The summed E-state index contributed by atoms with van der Waals surface area (Å²) < 4.78 is 26.8. The normalized spacial score (nSPS) is 12.2. The molecule has 1 rings (SSSR count). The lowest BCUT2D eigenvalue weighted by Crippen LogP contribution is -2.43. The van der Waals surface area contributed by atoms with Crippen molar-refractivity contribution in [3.8, 4) is 6.07 Å². The van der Waals surface area contributed by atoms with Crippen molar-refractivity contribution in [2.45, 2.75) is 30.7 Å². The fraction of sp³-hybridized carbons (Fsp3) is 0.417. The number of hydrogen-bond donors (Lipinski definition) is 2. The van der Waals surface area contributed by atoms with Crippen LogP contribution in [0, 0.1) is 11.3 Å². The van der Waals surface area contributed by atoms with Crippen LogP contribution in [0.4, 0.5) is 0 Å². The number of aliphatic hydroxyl groups excluding tert-OH is 1. The quantitative estimate of drug-likeness (QED) is 0.865. The third-order valence-corrected chi connectivity index (χ3v) is 4.68. The van der Waals surface area contributed by atoms with Gasteiger partial charge in [-0.2, -0.15) is 5.26 Å². The summed E-state index contributed by atoms with van der Waals surface area (Å²) in [7, 11) is -3.80. The van der Waals surface area contributed by atoms with E-state index < -0.39 is 15.6 Å². The molecule has 0 spiro atoms. The highest BCUT2D eigenvalue weighted by molar-refractivity contribution is 7.89. The van der Waals surface area contributed by atoms with Crippen LogP contribution in [0.2, 0.25) is 5.02 Å². The van der Waals surface area contributed by atoms with Gasteiger partial charge < -0.3 is 5.11 Å². The minimum atomic E-state index is -3.80. The molecular weight excluding hydrogens is 288 g/mol. The first kappa shape index (κ1) is 15.9. The zero-order valence-corrected chi connectivity index (χ0v) is 12.2. The summed E-state index contributed by atoms with van der Waals surface area (Å²) in [5, 5.41) is 17.6. The van der Waals surface area contributed by atoms with Gasteiger partial charge in [-0.15, -0.1) is 0 Å². The SMILES string of the molecule is CC(C)(CCO)NS(=O)(=O)c1ccc(C#N)cc1Cl. The molecule has 7 heteroatoms. The van der Waals surface area contributed by atoms with Crippen molar-refractivity contribution in [1.82, 2.24) is 4.72 Å². The minimum absolute atomic E-state index is 0.00801. The van der Waals surface area contributed by atoms with Crippen molar-refractivity contribution in [1.29, 1.82) is 5.26 Å². The molecule has 0 radical (unpaired) electrons. The number of halogens is 1. The third kappa shape index (κ3) is 4.18. The first-order valence-electron chi connectivity index (χ1n) is 5.56. The van der Waals surface area contributed by atoms with E-state index in [-0.39, 0.29) is 22.9 Å². The Hall–Kier alpha value is -1.13. The molecule has 0 atom stereocenters. The fourth-order valence-electron chi connectivity index (χ4n) is 1.54. The molecule has 1 aromatic carbocycles. The maximum atomic E-state index is 12.2. The van der Waals surface area contributed by atoms with E-state index in [0.29, 0.717) is 5.56 Å². The van der Waals surface area contributed by atoms with Crippen LogP contribution in [-0.4, -0.2) is 25.7 Å². The van der Waals surface area contributed by atoms with Crippen LogP contribution in [0.1, 0.15) is 25.8 Å². The van der Waals surface area contributed by atoms with Crippen molar-refractivity contribution in [2.24, 2.45) is 0 Å². The lowest BCUT2D eigenvalue weighted by molar-refractivity contribution is 0.246. The molecule has 2 N–H and O–H groups in total. The van der Waals surface area contributed by atoms with Gasteiger partial charge in [-0.05, 0) is 38.5 Å². The molecule has 0 fully saturated rings. The summed E-state index contributed by atoms with van der Waals surface area (Å²) in [6.07, 6.45) is 0.278. The third-order valence-electron chi connectivity index (χ3n) is 2.50. The average Bonchev–Trinajstić information content (AvgIpc) is 2.26. The Balaban J connectivity index is 3.12. The molecule has 19 heavy (non-hydrogen) atoms. The Morgan fingerprint density at radius 2 is 2.11 bits per heavy atom. The Labute approximate surface area is 117 Å². The van der Waals surface area contributed by atoms with Gasteiger partial charge in [0, 0.05) is 12.1 Å². The van der Waals surface area contributed by atoms with Gasteiger partial charge >= 0.3 is 0 Å². The van der Waals surface area contributed by atoms with Crippen LogP contribution < -0.4 is 4.72 Å². The van der Waals surface area contributed by atoms with Crippen LogP contribution in [0.25, 0.3) is 0 Å². The van der Waals surface area contributed by atoms with Gasteiger partial charge in [0.05, 0.1) is 16.7 Å². The van der Waals surface area contributed by atoms with E-state index in [1.807, 2.05) is 6.07 Å². The summed E-state index contributed by atoms with van der Waals surface area (Å²) in [6.45, 7) is 3.20. The van der Waals surface area contributed by atoms with Gasteiger partial charge in [0.2, 0.25) is 10.0 Å². The molecule has 0 aromatic heterocycles. The molecule has 0 bridgehead atoms. The molecular formula is C12H15ClN2O3S. The van der Waals surface area contributed by atoms with Crippen molar-refractivity contribution in [2.75, 3.05) is 6.61 Å². The lowest BCUT2D eigenvalue weighted by atomic mass is 10.0. The van der Waals surface area contributed by atoms with E-state index in [1.54, 1.807) is 13.8 Å². The minimum Gasteiger partial charge on any atom is -0.396 e. The van der Waals surface area contributed by atoms with Crippen LogP contribution in [-0.2, 0) is 10.0 Å². The Morgan fingerprint density at radius 3 is 2.58 bits per heavy atom. The molecule has 1 aromatic rings. The average molecular weight is 303 g/mol. The zero-order chi connectivity index (χ0) is 14.7. The van der Waals surface area contributed by atoms with Crippen LogP contribution >= 0.6 is 11.6 Å². The highest BCUT2D eigenvalue weighted by atomic mass is 35.5. The summed E-state index contributed by atoms with van der Waals surface area (Å²) in [5.41, 5.74) is -0.497. The highest BCUT2D eigenvalue weighted by Crippen LogP contribution is 2.24. The largest absolute Gasteiger partial charge is 0.396 e. The smallest absolute Gasteiger partial charge is 0.242 e. The molecule has 0 saturated carbocycles. The number of hydrogen-bond acceptors (Lipinski definition) is 4. The number of nitrogens with zero attached hydrogens (tertiary/aromatic N) is 1. The second kappa shape index (κ2) is 5.88. The first-order chi connectivity index (χ1) is 8.72. The number of nitriles is 1. The molecule has 0 saturated heterocycles. The summed E-state index contributed by atoms with van der Waals surface area (Å²) in [6, 6.07) is 5.86. The summed E-state index contributed by atoms with van der Waals surface area (Å²) in [4.78, 5) is -0.0841. The molecule has 0 amide bonds. The van der Waals surface area contributed by atoms with Gasteiger partial charge in [-0.25, -0.2) is 13.1 Å². The first-order valence-corrected chi connectivity index (χ1v) is 7.42. The van der Waals surface area contributed by atoms with Gasteiger partial charge in [0.15, 0.2) is 0 Å². The van der Waals surface area contributed by atoms with Gasteiger partial charge in [-0.1, -0.05) is 11.6 Å². The maximum Gasteiger partial charge on any atom is 0.242 e. The Kier molecular flexibility index (Phi) is 4.93. The topological polar surface area (TPSA) is 90.2 Å². The van der Waals surface area contributed by atoms with Crippen molar-refractivity contribution >= 4 is 21.6 Å². The van der Waals surface area contributed by atoms with Crippen molar-refractivity contribution < 1.29 is 13.5 Å². The zero-order valence-electron chi connectivity index (χ0n) is 10.6. The predicted octanol–water partition coefficient (Wildman–Crippen LogP) is 1.65. The number of nitrogens with one attached hydrogen (secondary N) is 1.